The first kappa shape index (κ1) is 12.3. The quantitative estimate of drug-likeness (QED) is 0.646. The molecule has 0 aliphatic carbocycles. The maximum atomic E-state index is 11.7. The largest absolute Gasteiger partial charge is 0.497 e. The van der Waals surface area contributed by atoms with Crippen LogP contribution in [0.15, 0.2) is 24.3 Å². The number of imide groups is 1. The summed E-state index contributed by atoms with van der Waals surface area (Å²) in [5.74, 6) is 0.0855. The number of urea groups is 1. The van der Waals surface area contributed by atoms with Crippen LogP contribution < -0.4 is 26.4 Å². The van der Waals surface area contributed by atoms with E-state index in [-0.39, 0.29) is 0 Å². The lowest BCUT2D eigenvalue weighted by molar-refractivity contribution is -0.122. The van der Waals surface area contributed by atoms with E-state index in [2.05, 4.69) is 5.32 Å². The van der Waals surface area contributed by atoms with Gasteiger partial charge in [-0.3, -0.25) is 15.0 Å². The molecule has 1 aliphatic rings. The fraction of sp³-hybridized carbons (Fsp3) is 0.273. The van der Waals surface area contributed by atoms with E-state index in [4.69, 9.17) is 16.2 Å². The number of carbonyl (C=O) groups is 2. The minimum absolute atomic E-state index is 0.545. The second-order valence-electron chi connectivity index (χ2n) is 3.88. The summed E-state index contributed by atoms with van der Waals surface area (Å²) in [6.07, 6.45) is -0.889. The number of rotatable bonds is 2. The number of anilines is 1. The Morgan fingerprint density at radius 2 is 1.83 bits per heavy atom. The van der Waals surface area contributed by atoms with Gasteiger partial charge in [-0.15, -0.1) is 0 Å². The third-order valence-electron chi connectivity index (χ3n) is 2.77. The zero-order valence-corrected chi connectivity index (χ0v) is 9.79. The van der Waals surface area contributed by atoms with Crippen LogP contribution in [-0.4, -0.2) is 31.3 Å². The Morgan fingerprint density at radius 3 is 2.39 bits per heavy atom. The van der Waals surface area contributed by atoms with Gasteiger partial charge in [0.25, 0.3) is 0 Å². The Balaban J connectivity index is 2.30. The minimum atomic E-state index is -0.954. The van der Waals surface area contributed by atoms with Crippen LogP contribution in [0.4, 0.5) is 10.5 Å². The molecule has 0 aromatic heterocycles. The third kappa shape index (κ3) is 2.01. The van der Waals surface area contributed by atoms with E-state index in [0.29, 0.717) is 11.4 Å². The molecule has 0 spiro atoms. The van der Waals surface area contributed by atoms with Crippen LogP contribution in [-0.2, 0) is 4.79 Å². The van der Waals surface area contributed by atoms with Crippen molar-refractivity contribution in [2.24, 2.45) is 11.5 Å². The monoisotopic (exact) mass is 250 g/mol. The van der Waals surface area contributed by atoms with Crippen LogP contribution in [0.5, 0.6) is 5.75 Å². The number of hydrogen-bond donors (Lipinski definition) is 3. The van der Waals surface area contributed by atoms with E-state index >= 15 is 0 Å². The Labute approximate surface area is 104 Å². The molecule has 96 valence electrons. The number of ether oxygens (including phenoxy) is 1. The summed E-state index contributed by atoms with van der Waals surface area (Å²) in [6.45, 7) is 0. The van der Waals surface area contributed by atoms with Gasteiger partial charge >= 0.3 is 6.03 Å². The fourth-order valence-electron chi connectivity index (χ4n) is 1.73. The number of methoxy groups -OCH3 is 1. The van der Waals surface area contributed by atoms with Gasteiger partial charge in [-0.25, -0.2) is 4.79 Å². The Kier molecular flexibility index (Phi) is 3.17. The average Bonchev–Trinajstić information content (AvgIpc) is 2.37. The molecule has 1 fully saturated rings. The molecule has 7 heteroatoms. The molecular weight excluding hydrogens is 236 g/mol. The zero-order valence-electron chi connectivity index (χ0n) is 9.79. The normalized spacial score (nSPS) is 23.8. The topological polar surface area (TPSA) is 111 Å². The molecule has 2 atom stereocenters. The molecule has 1 saturated heterocycles. The molecule has 0 saturated carbocycles. The van der Waals surface area contributed by atoms with Crippen LogP contribution in [0.1, 0.15) is 0 Å². The average molecular weight is 250 g/mol. The van der Waals surface area contributed by atoms with E-state index < -0.39 is 24.1 Å². The van der Waals surface area contributed by atoms with Crippen molar-refractivity contribution < 1.29 is 14.3 Å². The van der Waals surface area contributed by atoms with Gasteiger partial charge in [-0.2, -0.15) is 0 Å². The predicted octanol–water partition coefficient (Wildman–Crippen LogP) is -0.636. The van der Waals surface area contributed by atoms with Gasteiger partial charge in [0.1, 0.15) is 18.0 Å². The summed E-state index contributed by atoms with van der Waals surface area (Å²) in [4.78, 5) is 24.3. The molecular formula is C11H14N4O3. The van der Waals surface area contributed by atoms with Gasteiger partial charge < -0.3 is 16.2 Å². The van der Waals surface area contributed by atoms with Crippen molar-refractivity contribution in [1.29, 1.82) is 0 Å². The van der Waals surface area contributed by atoms with Gasteiger partial charge in [0.05, 0.1) is 7.11 Å². The highest BCUT2D eigenvalue weighted by Gasteiger charge is 2.37. The van der Waals surface area contributed by atoms with E-state index in [1.54, 1.807) is 31.4 Å². The molecule has 3 amide bonds. The summed E-state index contributed by atoms with van der Waals surface area (Å²) >= 11 is 0. The number of nitrogens with two attached hydrogens (primary N) is 2. The maximum Gasteiger partial charge on any atom is 0.329 e. The van der Waals surface area contributed by atoms with E-state index in [0.717, 1.165) is 0 Å². The standard InChI is InChI=1S/C11H14N4O3/c1-18-7-4-2-6(3-5-7)15-9(13)8(12)10(16)14-11(15)17/h2-5,8-9H,12-13H2,1H3,(H,14,16,17). The fourth-order valence-corrected chi connectivity index (χ4v) is 1.73. The van der Waals surface area contributed by atoms with E-state index in [9.17, 15) is 9.59 Å². The number of nitrogens with zero attached hydrogens (tertiary/aromatic N) is 1. The lowest BCUT2D eigenvalue weighted by Crippen LogP contribution is -2.69. The van der Waals surface area contributed by atoms with Crippen molar-refractivity contribution >= 4 is 17.6 Å². The second kappa shape index (κ2) is 4.63. The van der Waals surface area contributed by atoms with Crippen molar-refractivity contribution in [2.45, 2.75) is 12.2 Å². The minimum Gasteiger partial charge on any atom is -0.497 e. The maximum absolute atomic E-state index is 11.7. The van der Waals surface area contributed by atoms with Gasteiger partial charge in [-0.1, -0.05) is 0 Å². The molecule has 2 unspecified atom stereocenters. The molecule has 2 rings (SSSR count). The van der Waals surface area contributed by atoms with Gasteiger partial charge in [0.2, 0.25) is 5.91 Å². The van der Waals surface area contributed by atoms with Crippen LogP contribution in [0.2, 0.25) is 0 Å². The van der Waals surface area contributed by atoms with Crippen molar-refractivity contribution in [3.63, 3.8) is 0 Å². The molecule has 1 heterocycles. The Morgan fingerprint density at radius 1 is 1.22 bits per heavy atom. The highest BCUT2D eigenvalue weighted by Crippen LogP contribution is 2.22. The van der Waals surface area contributed by atoms with Crippen molar-refractivity contribution in [2.75, 3.05) is 12.0 Å². The Hall–Kier alpha value is -2.12. The molecule has 0 radical (unpaired) electrons. The molecule has 7 nitrogen and oxygen atoms in total. The highest BCUT2D eigenvalue weighted by molar-refractivity contribution is 6.08. The summed E-state index contributed by atoms with van der Waals surface area (Å²) < 4.78 is 5.02. The predicted molar refractivity (Wildman–Crippen MR) is 65.0 cm³/mol. The summed E-state index contributed by atoms with van der Waals surface area (Å²) in [5.41, 5.74) is 12.0. The number of nitrogens with one attached hydrogen (secondary N) is 1. The summed E-state index contributed by atoms with van der Waals surface area (Å²) in [5, 5.41) is 2.15. The van der Waals surface area contributed by atoms with Gasteiger partial charge in [0, 0.05) is 5.69 Å². The number of hydrogen-bond acceptors (Lipinski definition) is 5. The number of benzene rings is 1. The van der Waals surface area contributed by atoms with E-state index in [1.807, 2.05) is 0 Å². The van der Waals surface area contributed by atoms with Gasteiger partial charge in [0.15, 0.2) is 0 Å². The number of amides is 3. The van der Waals surface area contributed by atoms with Crippen molar-refractivity contribution in [3.8, 4) is 5.75 Å². The lowest BCUT2D eigenvalue weighted by Gasteiger charge is -2.36. The van der Waals surface area contributed by atoms with Crippen LogP contribution in [0.3, 0.4) is 0 Å². The first-order valence-corrected chi connectivity index (χ1v) is 5.34. The van der Waals surface area contributed by atoms with Crippen LogP contribution in [0, 0.1) is 0 Å². The SMILES string of the molecule is COc1ccc(N2C(=O)NC(=O)C(N)C2N)cc1. The molecule has 5 N–H and O–H groups in total. The molecule has 1 aromatic carbocycles. The lowest BCUT2D eigenvalue weighted by atomic mass is 10.1. The third-order valence-corrected chi connectivity index (χ3v) is 2.77. The first-order valence-electron chi connectivity index (χ1n) is 5.34. The second-order valence-corrected chi connectivity index (χ2v) is 3.88. The van der Waals surface area contributed by atoms with Crippen molar-refractivity contribution in [3.05, 3.63) is 24.3 Å². The first-order chi connectivity index (χ1) is 8.54. The molecule has 1 aliphatic heterocycles. The molecule has 0 bridgehead atoms. The summed E-state index contributed by atoms with van der Waals surface area (Å²) in [7, 11) is 1.54. The summed E-state index contributed by atoms with van der Waals surface area (Å²) in [6, 6.07) is 5.18. The van der Waals surface area contributed by atoms with Gasteiger partial charge in [-0.05, 0) is 24.3 Å². The molecule has 18 heavy (non-hydrogen) atoms. The highest BCUT2D eigenvalue weighted by atomic mass is 16.5. The number of carbonyl (C=O) groups excluding carboxylic acids is 2. The zero-order chi connectivity index (χ0) is 13.3. The Bertz CT molecular complexity index is 474. The molecule has 1 aromatic rings. The smallest absolute Gasteiger partial charge is 0.329 e. The van der Waals surface area contributed by atoms with Crippen LogP contribution >= 0.6 is 0 Å². The van der Waals surface area contributed by atoms with Crippen molar-refractivity contribution in [1.82, 2.24) is 5.32 Å². The van der Waals surface area contributed by atoms with E-state index in [1.165, 1.54) is 4.90 Å². The van der Waals surface area contributed by atoms with Crippen LogP contribution in [0.25, 0.3) is 0 Å².